The number of carbonyl (C=O) groups is 2. The molecule has 7 nitrogen and oxygen atoms in total. The smallest absolute Gasteiger partial charge is 0.266 e. The Kier molecular flexibility index (Phi) is 6.16. The third-order valence-electron chi connectivity index (χ3n) is 6.08. The highest BCUT2D eigenvalue weighted by molar-refractivity contribution is 8.01. The average Bonchev–Trinajstić information content (AvgIpc) is 3.13. The number of hydrazine groups is 1. The molecule has 0 atom stereocenters. The van der Waals surface area contributed by atoms with Crippen LogP contribution in [0.25, 0.3) is 16.6 Å². The lowest BCUT2D eigenvalue weighted by atomic mass is 9.94. The average molecular weight is 481 g/mol. The van der Waals surface area contributed by atoms with Gasteiger partial charge in [-0.3, -0.25) is 24.4 Å². The van der Waals surface area contributed by atoms with E-state index in [4.69, 9.17) is 0 Å². The second kappa shape index (κ2) is 9.23. The van der Waals surface area contributed by atoms with Crippen LogP contribution in [0.1, 0.15) is 32.1 Å². The van der Waals surface area contributed by atoms with Gasteiger partial charge in [-0.25, -0.2) is 9.99 Å². The van der Waals surface area contributed by atoms with E-state index in [1.165, 1.54) is 18.2 Å². The molecule has 2 amide bonds. The Morgan fingerprint density at radius 2 is 1.76 bits per heavy atom. The van der Waals surface area contributed by atoms with Gasteiger partial charge < -0.3 is 0 Å². The summed E-state index contributed by atoms with van der Waals surface area (Å²) in [5, 5.41) is 2.53. The number of benzene rings is 2. The van der Waals surface area contributed by atoms with Crippen LogP contribution in [0.15, 0.2) is 64.5 Å². The maximum atomic E-state index is 13.3. The number of hydrogen-bond donors (Lipinski definition) is 1. The molecule has 1 saturated carbocycles. The molecule has 33 heavy (non-hydrogen) atoms. The summed E-state index contributed by atoms with van der Waals surface area (Å²) in [5.41, 5.74) is 3.96. The maximum Gasteiger partial charge on any atom is 0.266 e. The predicted octanol–water partition coefficient (Wildman–Crippen LogP) is 3.74. The normalized spacial score (nSPS) is 17.6. The molecule has 1 aliphatic heterocycles. The van der Waals surface area contributed by atoms with Gasteiger partial charge in [-0.1, -0.05) is 61.4 Å². The summed E-state index contributed by atoms with van der Waals surface area (Å²) < 4.78 is 1.54. The zero-order chi connectivity index (χ0) is 22.8. The molecule has 0 unspecified atom stereocenters. The lowest BCUT2D eigenvalue weighted by molar-refractivity contribution is -0.142. The van der Waals surface area contributed by atoms with Crippen LogP contribution in [-0.4, -0.2) is 42.8 Å². The first-order valence-corrected chi connectivity index (χ1v) is 13.0. The Morgan fingerprint density at radius 3 is 2.55 bits per heavy atom. The largest absolute Gasteiger partial charge is 0.272 e. The number of hydrogen-bond acceptors (Lipinski definition) is 6. The van der Waals surface area contributed by atoms with Gasteiger partial charge in [-0.15, -0.1) is 11.8 Å². The van der Waals surface area contributed by atoms with E-state index in [2.05, 4.69) is 10.4 Å². The Hall–Kier alpha value is -2.78. The molecule has 1 spiro atoms. The van der Waals surface area contributed by atoms with Crippen LogP contribution in [0.4, 0.5) is 0 Å². The summed E-state index contributed by atoms with van der Waals surface area (Å²) in [5.74, 6) is 0.114. The van der Waals surface area contributed by atoms with Crippen LogP contribution in [-0.2, 0) is 9.59 Å². The number of nitrogens with one attached hydrogen (secondary N) is 1. The number of nitrogens with zero attached hydrogens (tertiary/aromatic N) is 3. The molecule has 1 N–H and O–H groups in total. The van der Waals surface area contributed by atoms with Gasteiger partial charge in [0.05, 0.1) is 28.1 Å². The zero-order valence-electron chi connectivity index (χ0n) is 18.0. The van der Waals surface area contributed by atoms with Crippen LogP contribution in [0.3, 0.4) is 0 Å². The van der Waals surface area contributed by atoms with Crippen LogP contribution >= 0.6 is 23.5 Å². The van der Waals surface area contributed by atoms with Gasteiger partial charge in [-0.2, -0.15) is 0 Å². The van der Waals surface area contributed by atoms with Gasteiger partial charge in [0.15, 0.2) is 5.16 Å². The van der Waals surface area contributed by atoms with Crippen molar-refractivity contribution in [3.8, 4) is 5.69 Å². The Morgan fingerprint density at radius 1 is 1.03 bits per heavy atom. The molecule has 2 heterocycles. The molecule has 0 bridgehead atoms. The first-order valence-electron chi connectivity index (χ1n) is 11.0. The number of rotatable bonds is 5. The van der Waals surface area contributed by atoms with Crippen LogP contribution in [0.2, 0.25) is 0 Å². The standard InChI is InChI=1S/C24H24N4O3S2/c29-20(26-28-21(30)16-33-24(28)13-7-2-8-14-24)15-32-23-25-19-12-6-5-11-18(19)22(31)27(23)17-9-3-1-4-10-17/h1,3-6,9-12H,2,7-8,13-16H2,(H,26,29). The van der Waals surface area contributed by atoms with Gasteiger partial charge in [0.25, 0.3) is 11.5 Å². The molecule has 2 fully saturated rings. The Labute approximate surface area is 199 Å². The third kappa shape index (κ3) is 4.27. The topological polar surface area (TPSA) is 84.3 Å². The van der Waals surface area contributed by atoms with Crippen molar-refractivity contribution in [2.45, 2.75) is 42.1 Å². The molecule has 1 saturated heterocycles. The number of para-hydroxylation sites is 2. The molecule has 1 aromatic heterocycles. The third-order valence-corrected chi connectivity index (χ3v) is 8.54. The van der Waals surface area contributed by atoms with E-state index in [1.54, 1.807) is 33.5 Å². The summed E-state index contributed by atoms with van der Waals surface area (Å²) >= 11 is 2.83. The van der Waals surface area contributed by atoms with Crippen molar-refractivity contribution >= 4 is 46.2 Å². The Balaban J connectivity index is 1.40. The van der Waals surface area contributed by atoms with Crippen molar-refractivity contribution < 1.29 is 9.59 Å². The van der Waals surface area contributed by atoms with E-state index in [-0.39, 0.29) is 28.0 Å². The summed E-state index contributed by atoms with van der Waals surface area (Å²) in [6, 6.07) is 16.5. The highest BCUT2D eigenvalue weighted by atomic mass is 32.2. The SMILES string of the molecule is O=C(CSc1nc2ccccc2c(=O)n1-c1ccccc1)NN1C(=O)CSC12CCCCC2. The quantitative estimate of drug-likeness (QED) is 0.442. The molecule has 2 aliphatic rings. The number of fused-ring (bicyclic) bond motifs is 1. The van der Waals surface area contributed by atoms with Crippen molar-refractivity contribution in [3.63, 3.8) is 0 Å². The maximum absolute atomic E-state index is 13.3. The first kappa shape index (κ1) is 22.0. The minimum absolute atomic E-state index is 0.0438. The van der Waals surface area contributed by atoms with E-state index in [0.29, 0.717) is 27.5 Å². The fourth-order valence-electron chi connectivity index (χ4n) is 4.49. The zero-order valence-corrected chi connectivity index (χ0v) is 19.7. The van der Waals surface area contributed by atoms with Gasteiger partial charge >= 0.3 is 0 Å². The minimum Gasteiger partial charge on any atom is -0.272 e. The minimum atomic E-state index is -0.316. The fraction of sp³-hybridized carbons (Fsp3) is 0.333. The van der Waals surface area contributed by atoms with Gasteiger partial charge in [0, 0.05) is 0 Å². The second-order valence-corrected chi connectivity index (χ2v) is 10.5. The van der Waals surface area contributed by atoms with Crippen molar-refractivity contribution in [3.05, 3.63) is 65.0 Å². The Bertz CT molecular complexity index is 1260. The lowest BCUT2D eigenvalue weighted by Crippen LogP contribution is -2.55. The van der Waals surface area contributed by atoms with Crippen molar-refractivity contribution in [1.29, 1.82) is 0 Å². The molecule has 2 aromatic carbocycles. The van der Waals surface area contributed by atoms with Crippen molar-refractivity contribution in [2.24, 2.45) is 0 Å². The number of aromatic nitrogens is 2. The lowest BCUT2D eigenvalue weighted by Gasteiger charge is -2.39. The molecule has 3 aromatic rings. The van der Waals surface area contributed by atoms with E-state index >= 15 is 0 Å². The van der Waals surface area contributed by atoms with Crippen molar-refractivity contribution in [2.75, 3.05) is 11.5 Å². The summed E-state index contributed by atoms with van der Waals surface area (Å²) in [7, 11) is 0. The molecule has 1 aliphatic carbocycles. The molecule has 170 valence electrons. The molecular weight excluding hydrogens is 456 g/mol. The summed E-state index contributed by atoms with van der Waals surface area (Å²) in [6.45, 7) is 0. The second-order valence-electron chi connectivity index (χ2n) is 8.24. The number of carbonyl (C=O) groups excluding carboxylic acids is 2. The van der Waals surface area contributed by atoms with E-state index < -0.39 is 0 Å². The van der Waals surface area contributed by atoms with Crippen LogP contribution in [0.5, 0.6) is 0 Å². The molecule has 5 rings (SSSR count). The number of amides is 2. The van der Waals surface area contributed by atoms with Gasteiger partial charge in [-0.05, 0) is 37.1 Å². The highest BCUT2D eigenvalue weighted by Crippen LogP contribution is 2.46. The molecule has 9 heteroatoms. The molecular formula is C24H24N4O3S2. The summed E-state index contributed by atoms with van der Waals surface area (Å²) in [4.78, 5) is 43.0. The van der Waals surface area contributed by atoms with E-state index in [0.717, 1.165) is 25.7 Å². The summed E-state index contributed by atoms with van der Waals surface area (Å²) in [6.07, 6.45) is 5.09. The van der Waals surface area contributed by atoms with E-state index in [1.807, 2.05) is 42.5 Å². The van der Waals surface area contributed by atoms with Gasteiger partial charge in [0.1, 0.15) is 4.87 Å². The highest BCUT2D eigenvalue weighted by Gasteiger charge is 2.47. The fourth-order valence-corrected chi connectivity index (χ4v) is 6.67. The van der Waals surface area contributed by atoms with Gasteiger partial charge in [0.2, 0.25) is 5.91 Å². The first-order chi connectivity index (χ1) is 16.1. The predicted molar refractivity (Wildman–Crippen MR) is 131 cm³/mol. The number of thioether (sulfide) groups is 2. The van der Waals surface area contributed by atoms with Crippen LogP contribution in [0, 0.1) is 0 Å². The monoisotopic (exact) mass is 480 g/mol. The van der Waals surface area contributed by atoms with Crippen LogP contribution < -0.4 is 11.0 Å². The van der Waals surface area contributed by atoms with E-state index in [9.17, 15) is 14.4 Å². The molecule has 0 radical (unpaired) electrons. The van der Waals surface area contributed by atoms with Crippen molar-refractivity contribution in [1.82, 2.24) is 20.0 Å².